The largest absolute Gasteiger partial charge is 0.361 e. The Morgan fingerprint density at radius 3 is 3.07 bits per heavy atom. The van der Waals surface area contributed by atoms with E-state index in [2.05, 4.69) is 50.6 Å². The Balaban J connectivity index is 1.53. The second-order valence-corrected chi connectivity index (χ2v) is 7.38. The third-order valence-corrected chi connectivity index (χ3v) is 5.39. The molecule has 0 saturated carbocycles. The number of nitrogens with zero attached hydrogens (tertiary/aromatic N) is 3. The van der Waals surface area contributed by atoms with Crippen molar-refractivity contribution < 1.29 is 4.79 Å². The Morgan fingerprint density at radius 2 is 2.23 bits per heavy atom. The van der Waals surface area contributed by atoms with Crippen LogP contribution in [0.1, 0.15) is 23.1 Å². The van der Waals surface area contributed by atoms with Crippen molar-refractivity contribution in [3.63, 3.8) is 0 Å². The number of rotatable bonds is 6. The first-order valence-corrected chi connectivity index (χ1v) is 10.0. The molecule has 7 nitrogen and oxygen atoms in total. The van der Waals surface area contributed by atoms with E-state index in [0.29, 0.717) is 18.7 Å². The SMILES string of the molecule is Cc1c(Nc2c(C#N)cncc2C=CCCN2CCNC(=O)C2)ccc2[nH]ccc12. The molecule has 1 fully saturated rings. The molecule has 7 heteroatoms. The molecular formula is C23H24N6O. The van der Waals surface area contributed by atoms with Gasteiger partial charge in [-0.3, -0.25) is 14.7 Å². The van der Waals surface area contributed by atoms with Crippen molar-refractivity contribution in [3.8, 4) is 6.07 Å². The molecule has 1 saturated heterocycles. The first-order chi connectivity index (χ1) is 14.7. The monoisotopic (exact) mass is 400 g/mol. The van der Waals surface area contributed by atoms with E-state index in [0.717, 1.165) is 52.9 Å². The highest BCUT2D eigenvalue weighted by Crippen LogP contribution is 2.30. The van der Waals surface area contributed by atoms with Crippen LogP contribution in [0.25, 0.3) is 17.0 Å². The average molecular weight is 400 g/mol. The molecule has 0 aliphatic carbocycles. The van der Waals surface area contributed by atoms with E-state index in [1.807, 2.05) is 24.4 Å². The molecule has 1 amide bonds. The van der Waals surface area contributed by atoms with Gasteiger partial charge in [0.25, 0.3) is 0 Å². The van der Waals surface area contributed by atoms with Crippen LogP contribution in [0.2, 0.25) is 0 Å². The molecular weight excluding hydrogens is 376 g/mol. The van der Waals surface area contributed by atoms with E-state index >= 15 is 0 Å². The lowest BCUT2D eigenvalue weighted by molar-refractivity contribution is -0.124. The van der Waals surface area contributed by atoms with E-state index in [1.165, 1.54) is 0 Å². The number of benzene rings is 1. The van der Waals surface area contributed by atoms with Crippen molar-refractivity contribution in [2.75, 3.05) is 31.5 Å². The summed E-state index contributed by atoms with van der Waals surface area (Å²) in [5.74, 6) is 0.0809. The van der Waals surface area contributed by atoms with Crippen molar-refractivity contribution in [2.24, 2.45) is 0 Å². The average Bonchev–Trinajstić information content (AvgIpc) is 3.23. The minimum atomic E-state index is 0.0809. The van der Waals surface area contributed by atoms with Crippen LogP contribution in [0.3, 0.4) is 0 Å². The lowest BCUT2D eigenvalue weighted by atomic mass is 10.1. The van der Waals surface area contributed by atoms with Crippen LogP contribution in [0, 0.1) is 18.3 Å². The van der Waals surface area contributed by atoms with Crippen LogP contribution < -0.4 is 10.6 Å². The summed E-state index contributed by atoms with van der Waals surface area (Å²) in [7, 11) is 0. The quantitative estimate of drug-likeness (QED) is 0.590. The van der Waals surface area contributed by atoms with E-state index in [1.54, 1.807) is 12.4 Å². The third-order valence-electron chi connectivity index (χ3n) is 5.39. The predicted octanol–water partition coefficient (Wildman–Crippen LogP) is 3.32. The van der Waals surface area contributed by atoms with Crippen molar-refractivity contribution >= 4 is 34.3 Å². The Labute approximate surface area is 175 Å². The molecule has 1 aliphatic heterocycles. The molecule has 3 heterocycles. The molecule has 0 unspecified atom stereocenters. The fourth-order valence-corrected chi connectivity index (χ4v) is 3.73. The van der Waals surface area contributed by atoms with E-state index in [9.17, 15) is 10.1 Å². The standard InChI is InChI=1S/C23H24N6O/c1-16-19-7-8-26-21(19)6-5-20(16)28-23-17(13-25-14-18(23)12-24)4-2-3-10-29-11-9-27-22(30)15-29/h2,4-8,13-14,26H,3,9-11,15H2,1H3,(H,25,28)(H,27,30). The Bertz CT molecular complexity index is 1140. The molecule has 0 spiro atoms. The normalized spacial score (nSPS) is 14.7. The fourth-order valence-electron chi connectivity index (χ4n) is 3.73. The number of nitriles is 1. The van der Waals surface area contributed by atoms with Gasteiger partial charge in [0.05, 0.1) is 17.8 Å². The number of H-pyrrole nitrogens is 1. The molecule has 3 aromatic rings. The summed E-state index contributed by atoms with van der Waals surface area (Å²) in [6.07, 6.45) is 10.1. The lowest BCUT2D eigenvalue weighted by Gasteiger charge is -2.25. The number of fused-ring (bicyclic) bond motifs is 1. The third kappa shape index (κ3) is 4.19. The summed E-state index contributed by atoms with van der Waals surface area (Å²) >= 11 is 0. The van der Waals surface area contributed by atoms with Gasteiger partial charge in [0.1, 0.15) is 6.07 Å². The van der Waals surface area contributed by atoms with Crippen LogP contribution in [0.15, 0.2) is 42.9 Å². The molecule has 2 aromatic heterocycles. The number of piperazine rings is 1. The summed E-state index contributed by atoms with van der Waals surface area (Å²) in [5, 5.41) is 17.0. The number of carbonyl (C=O) groups excluding carboxylic acids is 1. The molecule has 30 heavy (non-hydrogen) atoms. The number of amides is 1. The number of hydrogen-bond donors (Lipinski definition) is 3. The van der Waals surface area contributed by atoms with Crippen LogP contribution in [0.4, 0.5) is 11.4 Å². The van der Waals surface area contributed by atoms with Crippen LogP contribution in [0.5, 0.6) is 0 Å². The highest BCUT2D eigenvalue weighted by atomic mass is 16.2. The summed E-state index contributed by atoms with van der Waals surface area (Å²) < 4.78 is 0. The second-order valence-electron chi connectivity index (χ2n) is 7.38. The van der Waals surface area contributed by atoms with Crippen molar-refractivity contribution in [1.82, 2.24) is 20.2 Å². The number of aryl methyl sites for hydroxylation is 1. The van der Waals surface area contributed by atoms with E-state index in [4.69, 9.17) is 0 Å². The van der Waals surface area contributed by atoms with Gasteiger partial charge in [-0.25, -0.2) is 0 Å². The van der Waals surface area contributed by atoms with Crippen LogP contribution >= 0.6 is 0 Å². The summed E-state index contributed by atoms with van der Waals surface area (Å²) in [4.78, 5) is 21.1. The molecule has 0 radical (unpaired) electrons. The zero-order chi connectivity index (χ0) is 20.9. The minimum absolute atomic E-state index is 0.0809. The first-order valence-electron chi connectivity index (χ1n) is 10.0. The molecule has 0 atom stereocenters. The molecule has 0 bridgehead atoms. The molecule has 152 valence electrons. The Morgan fingerprint density at radius 1 is 1.33 bits per heavy atom. The molecule has 4 rings (SSSR count). The van der Waals surface area contributed by atoms with Gasteiger partial charge in [0.2, 0.25) is 5.91 Å². The minimum Gasteiger partial charge on any atom is -0.361 e. The van der Waals surface area contributed by atoms with Crippen molar-refractivity contribution in [2.45, 2.75) is 13.3 Å². The maximum absolute atomic E-state index is 11.5. The van der Waals surface area contributed by atoms with Crippen molar-refractivity contribution in [3.05, 3.63) is 59.6 Å². The van der Waals surface area contributed by atoms with E-state index < -0.39 is 0 Å². The fraction of sp³-hybridized carbons (Fsp3) is 0.261. The van der Waals surface area contributed by atoms with Gasteiger partial charge in [0.15, 0.2) is 0 Å². The number of anilines is 2. The van der Waals surface area contributed by atoms with Gasteiger partial charge in [-0.15, -0.1) is 0 Å². The summed E-state index contributed by atoms with van der Waals surface area (Å²) in [6.45, 7) is 4.92. The van der Waals surface area contributed by atoms with Crippen molar-refractivity contribution in [1.29, 1.82) is 5.26 Å². The van der Waals surface area contributed by atoms with Gasteiger partial charge in [0, 0.05) is 60.4 Å². The molecule has 1 aromatic carbocycles. The van der Waals surface area contributed by atoms with Gasteiger partial charge < -0.3 is 15.6 Å². The highest BCUT2D eigenvalue weighted by molar-refractivity contribution is 5.89. The summed E-state index contributed by atoms with van der Waals surface area (Å²) in [6, 6.07) is 8.34. The van der Waals surface area contributed by atoms with Crippen LogP contribution in [-0.4, -0.2) is 47.0 Å². The van der Waals surface area contributed by atoms with E-state index in [-0.39, 0.29) is 5.91 Å². The number of aromatic amines is 1. The number of pyridine rings is 1. The smallest absolute Gasteiger partial charge is 0.234 e. The van der Waals surface area contributed by atoms with Crippen LogP contribution in [-0.2, 0) is 4.79 Å². The zero-order valence-corrected chi connectivity index (χ0v) is 16.9. The Kier molecular flexibility index (Phi) is 5.77. The number of aromatic nitrogens is 2. The lowest BCUT2D eigenvalue weighted by Crippen LogP contribution is -2.47. The maximum Gasteiger partial charge on any atom is 0.234 e. The first kappa shape index (κ1) is 19.7. The topological polar surface area (TPSA) is 96.8 Å². The van der Waals surface area contributed by atoms with Gasteiger partial charge in [-0.2, -0.15) is 5.26 Å². The molecule has 1 aliphatic rings. The Hall–Kier alpha value is -3.63. The van der Waals surface area contributed by atoms with Gasteiger partial charge >= 0.3 is 0 Å². The zero-order valence-electron chi connectivity index (χ0n) is 16.9. The van der Waals surface area contributed by atoms with Gasteiger partial charge in [-0.1, -0.05) is 12.2 Å². The number of nitrogens with one attached hydrogen (secondary N) is 3. The maximum atomic E-state index is 11.5. The van der Waals surface area contributed by atoms with Gasteiger partial charge in [-0.05, 0) is 37.1 Å². The predicted molar refractivity (Wildman–Crippen MR) is 118 cm³/mol. The second kappa shape index (κ2) is 8.80. The number of hydrogen-bond acceptors (Lipinski definition) is 5. The highest BCUT2D eigenvalue weighted by Gasteiger charge is 2.15. The molecule has 3 N–H and O–H groups in total. The number of carbonyl (C=O) groups is 1. The summed E-state index contributed by atoms with van der Waals surface area (Å²) in [5.41, 5.74) is 5.27.